The maximum Gasteiger partial charge on any atom is 0.127 e. The average Bonchev–Trinajstić information content (AvgIpc) is 2.34. The van der Waals surface area contributed by atoms with Crippen molar-refractivity contribution in [2.75, 3.05) is 0 Å². The van der Waals surface area contributed by atoms with Crippen LogP contribution in [-0.4, -0.2) is 0 Å². The molecule has 0 spiro atoms. The van der Waals surface area contributed by atoms with Gasteiger partial charge in [-0.05, 0) is 37.1 Å². The first-order valence-corrected chi connectivity index (χ1v) is 6.65. The van der Waals surface area contributed by atoms with Gasteiger partial charge in [-0.25, -0.2) is 4.39 Å². The van der Waals surface area contributed by atoms with Crippen LogP contribution in [0.25, 0.3) is 0 Å². The van der Waals surface area contributed by atoms with Gasteiger partial charge in [0.15, 0.2) is 0 Å². The molecule has 0 amide bonds. The minimum atomic E-state index is -0.325. The van der Waals surface area contributed by atoms with Gasteiger partial charge in [0.1, 0.15) is 18.2 Å². The lowest BCUT2D eigenvalue weighted by Crippen LogP contribution is -1.98. The summed E-state index contributed by atoms with van der Waals surface area (Å²) in [7, 11) is 0. The topological polar surface area (TPSA) is 9.23 Å². The van der Waals surface area contributed by atoms with Crippen molar-refractivity contribution in [3.8, 4) is 5.75 Å². The van der Waals surface area contributed by atoms with Gasteiger partial charge in [0.2, 0.25) is 0 Å². The molecule has 0 aliphatic heterocycles. The third-order valence-electron chi connectivity index (χ3n) is 2.77. The molecular weight excluding hydrogens is 263 g/mol. The SMILES string of the molecule is Cc1cc(C)cc(COc2cc(F)cc(CCl)c2)c1. The normalized spacial score (nSPS) is 10.5. The van der Waals surface area contributed by atoms with Gasteiger partial charge in [-0.1, -0.05) is 29.3 Å². The molecule has 3 heteroatoms. The van der Waals surface area contributed by atoms with Crippen molar-refractivity contribution in [3.05, 3.63) is 64.5 Å². The molecule has 19 heavy (non-hydrogen) atoms. The first kappa shape index (κ1) is 13.9. The Morgan fingerprint density at radius 3 is 2.26 bits per heavy atom. The summed E-state index contributed by atoms with van der Waals surface area (Å²) in [5, 5.41) is 0. The third-order valence-corrected chi connectivity index (χ3v) is 3.08. The number of halogens is 2. The smallest absolute Gasteiger partial charge is 0.127 e. The number of rotatable bonds is 4. The van der Waals surface area contributed by atoms with Crippen molar-refractivity contribution >= 4 is 11.6 Å². The second-order valence-electron chi connectivity index (χ2n) is 4.71. The monoisotopic (exact) mass is 278 g/mol. The van der Waals surface area contributed by atoms with Gasteiger partial charge in [-0.2, -0.15) is 0 Å². The summed E-state index contributed by atoms with van der Waals surface area (Å²) in [4.78, 5) is 0. The van der Waals surface area contributed by atoms with E-state index in [9.17, 15) is 4.39 Å². The van der Waals surface area contributed by atoms with E-state index in [4.69, 9.17) is 16.3 Å². The Kier molecular flexibility index (Phi) is 4.43. The quantitative estimate of drug-likeness (QED) is 0.733. The van der Waals surface area contributed by atoms with Crippen LogP contribution in [0.4, 0.5) is 4.39 Å². The van der Waals surface area contributed by atoms with Crippen molar-refractivity contribution in [2.24, 2.45) is 0 Å². The van der Waals surface area contributed by atoms with Gasteiger partial charge < -0.3 is 4.74 Å². The van der Waals surface area contributed by atoms with Crippen LogP contribution in [0.15, 0.2) is 36.4 Å². The van der Waals surface area contributed by atoms with Crippen molar-refractivity contribution in [1.29, 1.82) is 0 Å². The van der Waals surface area contributed by atoms with Gasteiger partial charge in [0.25, 0.3) is 0 Å². The summed E-state index contributed by atoms with van der Waals surface area (Å²) in [6.07, 6.45) is 0. The summed E-state index contributed by atoms with van der Waals surface area (Å²) in [5.74, 6) is 0.459. The van der Waals surface area contributed by atoms with Gasteiger partial charge in [-0.15, -0.1) is 11.6 Å². The van der Waals surface area contributed by atoms with Crippen LogP contribution in [0, 0.1) is 19.7 Å². The second-order valence-corrected chi connectivity index (χ2v) is 4.98. The van der Waals surface area contributed by atoms with E-state index < -0.39 is 0 Å². The van der Waals surface area contributed by atoms with Crippen molar-refractivity contribution in [1.82, 2.24) is 0 Å². The first-order chi connectivity index (χ1) is 9.06. The molecule has 0 saturated heterocycles. The van der Waals surface area contributed by atoms with Crippen LogP contribution in [0.3, 0.4) is 0 Å². The fourth-order valence-electron chi connectivity index (χ4n) is 2.10. The predicted molar refractivity (Wildman–Crippen MR) is 76.2 cm³/mol. The number of alkyl halides is 1. The van der Waals surface area contributed by atoms with Crippen molar-refractivity contribution < 1.29 is 9.13 Å². The molecule has 0 saturated carbocycles. The molecule has 0 aliphatic carbocycles. The molecule has 0 radical (unpaired) electrons. The highest BCUT2D eigenvalue weighted by Crippen LogP contribution is 2.19. The highest BCUT2D eigenvalue weighted by atomic mass is 35.5. The van der Waals surface area contributed by atoms with Gasteiger partial charge >= 0.3 is 0 Å². The van der Waals surface area contributed by atoms with Gasteiger partial charge in [0, 0.05) is 11.9 Å². The van der Waals surface area contributed by atoms with Crippen molar-refractivity contribution in [3.63, 3.8) is 0 Å². The Labute approximate surface area is 118 Å². The lowest BCUT2D eigenvalue weighted by atomic mass is 10.1. The first-order valence-electron chi connectivity index (χ1n) is 6.12. The molecule has 0 N–H and O–H groups in total. The minimum absolute atomic E-state index is 0.275. The second kappa shape index (κ2) is 6.07. The predicted octanol–water partition coefficient (Wildman–Crippen LogP) is 4.76. The van der Waals surface area contributed by atoms with Crippen LogP contribution in [0.2, 0.25) is 0 Å². The fraction of sp³-hybridized carbons (Fsp3) is 0.250. The molecule has 0 aromatic heterocycles. The lowest BCUT2D eigenvalue weighted by molar-refractivity contribution is 0.304. The standard InChI is InChI=1S/C16H16ClFO/c1-11-3-12(2)5-14(4-11)10-19-16-7-13(9-17)6-15(18)8-16/h3-8H,9-10H2,1-2H3. The van der Waals surface area contributed by atoms with Crippen LogP contribution in [0.1, 0.15) is 22.3 Å². The molecule has 2 aromatic carbocycles. The molecule has 0 heterocycles. The van der Waals surface area contributed by atoms with E-state index >= 15 is 0 Å². The molecule has 0 fully saturated rings. The number of aryl methyl sites for hydroxylation is 2. The fourth-order valence-corrected chi connectivity index (χ4v) is 2.25. The highest BCUT2D eigenvalue weighted by molar-refractivity contribution is 6.17. The van der Waals surface area contributed by atoms with Gasteiger partial charge in [0.05, 0.1) is 0 Å². The number of ether oxygens (including phenoxy) is 1. The van der Waals surface area contributed by atoms with Crippen LogP contribution >= 0.6 is 11.6 Å². The van der Waals surface area contributed by atoms with E-state index in [1.807, 2.05) is 13.8 Å². The Balaban J connectivity index is 2.11. The Morgan fingerprint density at radius 1 is 0.947 bits per heavy atom. The molecule has 0 unspecified atom stereocenters. The van der Waals surface area contributed by atoms with E-state index in [2.05, 4.69) is 18.2 Å². The van der Waals surface area contributed by atoms with E-state index in [1.54, 1.807) is 6.07 Å². The molecule has 0 atom stereocenters. The summed E-state index contributed by atoms with van der Waals surface area (Å²) in [5.41, 5.74) is 4.19. The Hall–Kier alpha value is -1.54. The number of benzene rings is 2. The van der Waals surface area contributed by atoms with Crippen LogP contribution < -0.4 is 4.74 Å². The van der Waals surface area contributed by atoms with E-state index in [-0.39, 0.29) is 11.7 Å². The Bertz CT molecular complexity index is 561. The maximum atomic E-state index is 13.3. The third kappa shape index (κ3) is 3.97. The zero-order valence-corrected chi connectivity index (χ0v) is 11.8. The van der Waals surface area contributed by atoms with E-state index in [0.717, 1.165) is 11.1 Å². The van der Waals surface area contributed by atoms with Crippen LogP contribution in [-0.2, 0) is 12.5 Å². The molecule has 0 bridgehead atoms. The lowest BCUT2D eigenvalue weighted by Gasteiger charge is -2.09. The average molecular weight is 279 g/mol. The molecule has 2 rings (SSSR count). The number of hydrogen-bond acceptors (Lipinski definition) is 1. The number of hydrogen-bond donors (Lipinski definition) is 0. The van der Waals surface area contributed by atoms with E-state index in [1.165, 1.54) is 23.3 Å². The molecule has 100 valence electrons. The molecule has 2 aromatic rings. The largest absolute Gasteiger partial charge is 0.489 e. The highest BCUT2D eigenvalue weighted by Gasteiger charge is 2.03. The summed E-state index contributed by atoms with van der Waals surface area (Å²) >= 11 is 5.71. The molecular formula is C16H16ClFO. The Morgan fingerprint density at radius 2 is 1.63 bits per heavy atom. The molecule has 1 nitrogen and oxygen atoms in total. The van der Waals surface area contributed by atoms with Crippen molar-refractivity contribution in [2.45, 2.75) is 26.3 Å². The molecule has 0 aliphatic rings. The zero-order chi connectivity index (χ0) is 13.8. The van der Waals surface area contributed by atoms with Gasteiger partial charge in [-0.3, -0.25) is 0 Å². The van der Waals surface area contributed by atoms with E-state index in [0.29, 0.717) is 12.4 Å². The maximum absolute atomic E-state index is 13.3. The zero-order valence-electron chi connectivity index (χ0n) is 11.0. The summed E-state index contributed by atoms with van der Waals surface area (Å²) in [6.45, 7) is 4.52. The summed E-state index contributed by atoms with van der Waals surface area (Å²) < 4.78 is 19.0. The summed E-state index contributed by atoms with van der Waals surface area (Å²) in [6, 6.07) is 10.8. The minimum Gasteiger partial charge on any atom is -0.489 e. The van der Waals surface area contributed by atoms with Crippen LogP contribution in [0.5, 0.6) is 5.75 Å².